The number of nitrogens with zero attached hydrogens (tertiary/aromatic N) is 1. The molecule has 0 aromatic carbocycles. The van der Waals surface area contributed by atoms with E-state index in [4.69, 9.17) is 4.74 Å². The lowest BCUT2D eigenvalue weighted by molar-refractivity contribution is 0.0996. The van der Waals surface area contributed by atoms with Crippen LogP contribution in [0.5, 0.6) is 0 Å². The zero-order valence-electron chi connectivity index (χ0n) is 10.3. The van der Waals surface area contributed by atoms with E-state index in [0.29, 0.717) is 12.0 Å². The molecule has 0 radical (unpaired) electrons. The minimum Gasteiger partial charge on any atom is -0.392 e. The van der Waals surface area contributed by atoms with E-state index >= 15 is 0 Å². The normalized spacial score (nSPS) is 27.8. The van der Waals surface area contributed by atoms with Crippen molar-refractivity contribution in [3.63, 3.8) is 0 Å². The molecule has 0 saturated carbocycles. The second kappa shape index (κ2) is 6.46. The van der Waals surface area contributed by atoms with Gasteiger partial charge in [-0.25, -0.2) is 0 Å². The number of hydrogen-bond acceptors (Lipinski definition) is 3. The van der Waals surface area contributed by atoms with Crippen LogP contribution in [0.15, 0.2) is 0 Å². The average molecular weight is 215 g/mol. The Morgan fingerprint density at radius 2 is 2.20 bits per heavy atom. The van der Waals surface area contributed by atoms with Gasteiger partial charge in [0.2, 0.25) is 0 Å². The highest BCUT2D eigenvalue weighted by atomic mass is 16.5. The van der Waals surface area contributed by atoms with Crippen LogP contribution in [-0.4, -0.2) is 48.5 Å². The molecular formula is C12H25NO2. The quantitative estimate of drug-likeness (QED) is 0.682. The Hall–Kier alpha value is -0.120. The molecule has 3 heteroatoms. The highest BCUT2D eigenvalue weighted by molar-refractivity contribution is 4.85. The zero-order chi connectivity index (χ0) is 11.3. The van der Waals surface area contributed by atoms with Crippen molar-refractivity contribution in [3.8, 4) is 0 Å². The minimum absolute atomic E-state index is 0.129. The zero-order valence-corrected chi connectivity index (χ0v) is 10.3. The molecule has 1 saturated heterocycles. The summed E-state index contributed by atoms with van der Waals surface area (Å²) in [6.45, 7) is 9.86. The van der Waals surface area contributed by atoms with Crippen molar-refractivity contribution in [1.29, 1.82) is 0 Å². The molecule has 0 aliphatic carbocycles. The van der Waals surface area contributed by atoms with Crippen molar-refractivity contribution in [2.75, 3.05) is 26.3 Å². The molecule has 1 N–H and O–H groups in total. The number of hydrogen-bond donors (Lipinski definition) is 1. The number of rotatable bonds is 6. The predicted molar refractivity (Wildman–Crippen MR) is 61.9 cm³/mol. The number of likely N-dealkylation sites (tertiary alicyclic amines) is 1. The van der Waals surface area contributed by atoms with E-state index in [0.717, 1.165) is 32.7 Å². The summed E-state index contributed by atoms with van der Waals surface area (Å²) in [7, 11) is 0. The number of ether oxygens (including phenoxy) is 1. The van der Waals surface area contributed by atoms with Crippen LogP contribution >= 0.6 is 0 Å². The molecule has 2 atom stereocenters. The Kier molecular flexibility index (Phi) is 5.58. The smallest absolute Gasteiger partial charge is 0.0682 e. The topological polar surface area (TPSA) is 32.7 Å². The van der Waals surface area contributed by atoms with Crippen LogP contribution in [0.3, 0.4) is 0 Å². The molecule has 0 amide bonds. The Morgan fingerprint density at radius 3 is 2.80 bits per heavy atom. The molecule has 0 aromatic heterocycles. The SMILES string of the molecule is CCOCCN1C[C@@H](O)C[C@@H]1CC(C)C. The lowest BCUT2D eigenvalue weighted by Gasteiger charge is -2.25. The number of β-amino-alcohol motifs (C(OH)–C–C–N with tert-alkyl or cyclic N) is 1. The first-order valence-electron chi connectivity index (χ1n) is 6.13. The Balaban J connectivity index is 2.31. The summed E-state index contributed by atoms with van der Waals surface area (Å²) in [5.74, 6) is 0.704. The van der Waals surface area contributed by atoms with Crippen LogP contribution in [0.25, 0.3) is 0 Å². The van der Waals surface area contributed by atoms with E-state index in [-0.39, 0.29) is 6.10 Å². The largest absolute Gasteiger partial charge is 0.392 e. The van der Waals surface area contributed by atoms with Gasteiger partial charge in [0.15, 0.2) is 0 Å². The van der Waals surface area contributed by atoms with Gasteiger partial charge in [0.1, 0.15) is 0 Å². The van der Waals surface area contributed by atoms with Gasteiger partial charge in [0, 0.05) is 25.7 Å². The first-order chi connectivity index (χ1) is 7.13. The summed E-state index contributed by atoms with van der Waals surface area (Å²) in [6.07, 6.45) is 1.99. The predicted octanol–water partition coefficient (Wildman–Crippen LogP) is 1.50. The van der Waals surface area contributed by atoms with Gasteiger partial charge < -0.3 is 9.84 Å². The molecule has 90 valence electrons. The summed E-state index contributed by atoms with van der Waals surface area (Å²) in [4.78, 5) is 2.38. The summed E-state index contributed by atoms with van der Waals surface area (Å²) >= 11 is 0. The standard InChI is InChI=1S/C12H25NO2/c1-4-15-6-5-13-9-12(14)8-11(13)7-10(2)3/h10-12,14H,4-9H2,1-3H3/t11-,12-/m0/s1. The van der Waals surface area contributed by atoms with Crippen molar-refractivity contribution in [2.45, 2.75) is 45.8 Å². The van der Waals surface area contributed by atoms with Crippen molar-refractivity contribution in [2.24, 2.45) is 5.92 Å². The number of aliphatic hydroxyl groups excluding tert-OH is 1. The Labute approximate surface area is 93.4 Å². The summed E-state index contributed by atoms with van der Waals surface area (Å²) in [5.41, 5.74) is 0. The Bertz CT molecular complexity index is 173. The molecule has 3 nitrogen and oxygen atoms in total. The van der Waals surface area contributed by atoms with Gasteiger partial charge in [0.05, 0.1) is 12.7 Å². The van der Waals surface area contributed by atoms with Crippen LogP contribution in [0.1, 0.15) is 33.6 Å². The van der Waals surface area contributed by atoms with Gasteiger partial charge in [-0.1, -0.05) is 13.8 Å². The number of aliphatic hydroxyl groups is 1. The van der Waals surface area contributed by atoms with Crippen LogP contribution in [0.2, 0.25) is 0 Å². The lowest BCUT2D eigenvalue weighted by atomic mass is 10.0. The second-order valence-electron chi connectivity index (χ2n) is 4.86. The highest BCUT2D eigenvalue weighted by Gasteiger charge is 2.30. The van der Waals surface area contributed by atoms with E-state index < -0.39 is 0 Å². The molecule has 1 aliphatic heterocycles. The fourth-order valence-electron chi connectivity index (χ4n) is 2.35. The molecule has 1 aliphatic rings. The van der Waals surface area contributed by atoms with E-state index in [1.807, 2.05) is 6.92 Å². The van der Waals surface area contributed by atoms with E-state index in [2.05, 4.69) is 18.7 Å². The molecule has 1 heterocycles. The third kappa shape index (κ3) is 4.49. The molecule has 0 spiro atoms. The van der Waals surface area contributed by atoms with E-state index in [1.54, 1.807) is 0 Å². The molecule has 1 fully saturated rings. The average Bonchev–Trinajstić information content (AvgIpc) is 2.46. The summed E-state index contributed by atoms with van der Waals surface area (Å²) in [6, 6.07) is 0.556. The van der Waals surface area contributed by atoms with Crippen LogP contribution in [-0.2, 0) is 4.74 Å². The molecule has 15 heavy (non-hydrogen) atoms. The first-order valence-corrected chi connectivity index (χ1v) is 6.13. The van der Waals surface area contributed by atoms with Gasteiger partial charge in [-0.15, -0.1) is 0 Å². The van der Waals surface area contributed by atoms with Crippen molar-refractivity contribution in [1.82, 2.24) is 4.90 Å². The van der Waals surface area contributed by atoms with E-state index in [1.165, 1.54) is 6.42 Å². The maximum absolute atomic E-state index is 9.66. The minimum atomic E-state index is -0.129. The monoisotopic (exact) mass is 215 g/mol. The second-order valence-corrected chi connectivity index (χ2v) is 4.86. The van der Waals surface area contributed by atoms with Crippen molar-refractivity contribution < 1.29 is 9.84 Å². The summed E-state index contributed by atoms with van der Waals surface area (Å²) in [5, 5.41) is 9.66. The fourth-order valence-corrected chi connectivity index (χ4v) is 2.35. The molecule has 0 aromatic rings. The van der Waals surface area contributed by atoms with Crippen molar-refractivity contribution in [3.05, 3.63) is 0 Å². The lowest BCUT2D eigenvalue weighted by Crippen LogP contribution is -2.33. The van der Waals surface area contributed by atoms with Gasteiger partial charge in [-0.3, -0.25) is 4.90 Å². The van der Waals surface area contributed by atoms with Gasteiger partial charge >= 0.3 is 0 Å². The van der Waals surface area contributed by atoms with Gasteiger partial charge in [-0.2, -0.15) is 0 Å². The van der Waals surface area contributed by atoms with E-state index in [9.17, 15) is 5.11 Å². The highest BCUT2D eigenvalue weighted by Crippen LogP contribution is 2.23. The maximum atomic E-state index is 9.66. The fraction of sp³-hybridized carbons (Fsp3) is 1.00. The summed E-state index contributed by atoms with van der Waals surface area (Å²) < 4.78 is 5.36. The molecule has 0 bridgehead atoms. The first kappa shape index (κ1) is 12.9. The third-order valence-corrected chi connectivity index (χ3v) is 2.98. The Morgan fingerprint density at radius 1 is 1.47 bits per heavy atom. The van der Waals surface area contributed by atoms with Gasteiger partial charge in [-0.05, 0) is 25.7 Å². The van der Waals surface area contributed by atoms with Gasteiger partial charge in [0.25, 0.3) is 0 Å². The maximum Gasteiger partial charge on any atom is 0.0682 e. The van der Waals surface area contributed by atoms with Crippen molar-refractivity contribution >= 4 is 0 Å². The van der Waals surface area contributed by atoms with Crippen LogP contribution in [0.4, 0.5) is 0 Å². The molecule has 0 unspecified atom stereocenters. The molecule has 1 rings (SSSR count). The van der Waals surface area contributed by atoms with Crippen LogP contribution in [0, 0.1) is 5.92 Å². The van der Waals surface area contributed by atoms with Crippen LogP contribution < -0.4 is 0 Å². The molecular weight excluding hydrogens is 190 g/mol. The third-order valence-electron chi connectivity index (χ3n) is 2.98.